The molecule has 0 radical (unpaired) electrons. The van der Waals surface area contributed by atoms with Gasteiger partial charge in [-0.25, -0.2) is 0 Å². The molecule has 0 saturated carbocycles. The van der Waals surface area contributed by atoms with Gasteiger partial charge < -0.3 is 0 Å². The summed E-state index contributed by atoms with van der Waals surface area (Å²) in [7, 11) is 0. The number of hydrogen-bond acceptors (Lipinski definition) is 0. The normalized spacial score (nSPS) is 9.83. The van der Waals surface area contributed by atoms with Gasteiger partial charge in [0, 0.05) is 0 Å². The van der Waals surface area contributed by atoms with Gasteiger partial charge in [-0.3, -0.25) is 0 Å². The topological polar surface area (TPSA) is 0 Å². The molecule has 0 aliphatic rings. The van der Waals surface area contributed by atoms with Crippen molar-refractivity contribution in [2.75, 3.05) is 0 Å². The molecule has 116 valence electrons. The molecule has 0 aliphatic carbocycles. The Balaban J connectivity index is 0.000000149. The number of fused-ring (bicyclic) bond motifs is 1. The molecule has 0 aromatic heterocycles. The lowest BCUT2D eigenvalue weighted by Crippen LogP contribution is -1.76. The van der Waals surface area contributed by atoms with Gasteiger partial charge in [-0.15, -0.1) is 0 Å². The average Bonchev–Trinajstić information content (AvgIpc) is 2.69. The van der Waals surface area contributed by atoms with E-state index in [1.807, 2.05) is 12.1 Å². The number of rotatable bonds is 2. The highest BCUT2D eigenvalue weighted by atomic mass is 14.0. The van der Waals surface area contributed by atoms with Crippen LogP contribution in [0.4, 0.5) is 0 Å². The van der Waals surface area contributed by atoms with E-state index in [2.05, 4.69) is 104 Å². The SMILES string of the molecule is C=Cc1ccc(-c2ccccc2)cc1.c1ccc2ccccc2c1. The Labute approximate surface area is 143 Å². The largest absolute Gasteiger partial charge is 0.0985 e. The van der Waals surface area contributed by atoms with Crippen molar-refractivity contribution in [1.29, 1.82) is 0 Å². The average molecular weight is 308 g/mol. The molecule has 0 atom stereocenters. The summed E-state index contributed by atoms with van der Waals surface area (Å²) in [6, 6.07) is 35.5. The summed E-state index contributed by atoms with van der Waals surface area (Å²) >= 11 is 0. The molecular weight excluding hydrogens is 288 g/mol. The van der Waals surface area contributed by atoms with Crippen molar-refractivity contribution < 1.29 is 0 Å². The van der Waals surface area contributed by atoms with Crippen molar-refractivity contribution in [2.24, 2.45) is 0 Å². The number of benzene rings is 4. The number of hydrogen-bond donors (Lipinski definition) is 0. The summed E-state index contributed by atoms with van der Waals surface area (Å²) in [6.45, 7) is 3.73. The Kier molecular flexibility index (Phi) is 5.21. The van der Waals surface area contributed by atoms with Crippen LogP contribution in [0.3, 0.4) is 0 Å². The van der Waals surface area contributed by atoms with E-state index < -0.39 is 0 Å². The fourth-order valence-electron chi connectivity index (χ4n) is 2.58. The molecule has 0 nitrogen and oxygen atoms in total. The summed E-state index contributed by atoms with van der Waals surface area (Å²) in [4.78, 5) is 0. The van der Waals surface area contributed by atoms with Gasteiger partial charge in [0.25, 0.3) is 0 Å². The highest BCUT2D eigenvalue weighted by Gasteiger charge is 1.94. The second kappa shape index (κ2) is 7.94. The van der Waals surface area contributed by atoms with Gasteiger partial charge in [-0.2, -0.15) is 0 Å². The first-order valence-electron chi connectivity index (χ1n) is 8.08. The first-order chi connectivity index (χ1) is 11.9. The Morgan fingerprint density at radius 2 is 0.875 bits per heavy atom. The predicted molar refractivity (Wildman–Crippen MR) is 106 cm³/mol. The van der Waals surface area contributed by atoms with Crippen LogP contribution in [-0.2, 0) is 0 Å². The van der Waals surface area contributed by atoms with Crippen LogP contribution in [0.1, 0.15) is 5.56 Å². The summed E-state index contributed by atoms with van der Waals surface area (Å²) in [5.74, 6) is 0. The van der Waals surface area contributed by atoms with Gasteiger partial charge in [0.1, 0.15) is 0 Å². The van der Waals surface area contributed by atoms with Crippen LogP contribution in [0.25, 0.3) is 28.0 Å². The van der Waals surface area contributed by atoms with Crippen molar-refractivity contribution in [3.8, 4) is 11.1 Å². The third-order valence-corrected chi connectivity index (χ3v) is 3.91. The van der Waals surface area contributed by atoms with Crippen LogP contribution in [0.5, 0.6) is 0 Å². The van der Waals surface area contributed by atoms with Gasteiger partial charge in [0.15, 0.2) is 0 Å². The Morgan fingerprint density at radius 3 is 1.33 bits per heavy atom. The minimum atomic E-state index is 1.16. The van der Waals surface area contributed by atoms with Gasteiger partial charge in [-0.05, 0) is 27.5 Å². The lowest BCUT2D eigenvalue weighted by atomic mass is 10.0. The second-order valence-corrected chi connectivity index (χ2v) is 5.54. The monoisotopic (exact) mass is 308 g/mol. The lowest BCUT2D eigenvalue weighted by molar-refractivity contribution is 1.60. The predicted octanol–water partition coefficient (Wildman–Crippen LogP) is 6.84. The summed E-state index contributed by atoms with van der Waals surface area (Å²) in [6.07, 6.45) is 1.86. The van der Waals surface area contributed by atoms with Crippen LogP contribution in [0, 0.1) is 0 Å². The van der Waals surface area contributed by atoms with E-state index >= 15 is 0 Å². The minimum absolute atomic E-state index is 1.16. The molecule has 4 aromatic carbocycles. The summed E-state index contributed by atoms with van der Waals surface area (Å²) in [5.41, 5.74) is 3.66. The van der Waals surface area contributed by atoms with Crippen LogP contribution >= 0.6 is 0 Å². The van der Waals surface area contributed by atoms with E-state index in [-0.39, 0.29) is 0 Å². The van der Waals surface area contributed by atoms with Crippen LogP contribution < -0.4 is 0 Å². The molecular formula is C24H20. The van der Waals surface area contributed by atoms with Crippen LogP contribution in [0.15, 0.2) is 110 Å². The van der Waals surface area contributed by atoms with Gasteiger partial charge in [0.05, 0.1) is 0 Å². The Bertz CT molecular complexity index is 838. The highest BCUT2D eigenvalue weighted by molar-refractivity contribution is 5.82. The third-order valence-electron chi connectivity index (χ3n) is 3.91. The molecule has 0 saturated heterocycles. The fraction of sp³-hybridized carbons (Fsp3) is 0. The van der Waals surface area contributed by atoms with E-state index in [1.54, 1.807) is 0 Å². The Hall–Kier alpha value is -3.12. The van der Waals surface area contributed by atoms with Crippen molar-refractivity contribution in [1.82, 2.24) is 0 Å². The quantitative estimate of drug-likeness (QED) is 0.380. The molecule has 0 heteroatoms. The van der Waals surface area contributed by atoms with E-state index in [1.165, 1.54) is 21.9 Å². The molecule has 4 rings (SSSR count). The zero-order valence-electron chi connectivity index (χ0n) is 13.6. The zero-order chi connectivity index (χ0) is 16.6. The maximum Gasteiger partial charge on any atom is -0.0184 e. The molecule has 0 N–H and O–H groups in total. The minimum Gasteiger partial charge on any atom is -0.0985 e. The molecule has 0 amide bonds. The Morgan fingerprint density at radius 1 is 0.458 bits per heavy atom. The first kappa shape index (κ1) is 15.8. The van der Waals surface area contributed by atoms with Crippen molar-refractivity contribution in [3.05, 3.63) is 115 Å². The zero-order valence-corrected chi connectivity index (χ0v) is 13.6. The first-order valence-corrected chi connectivity index (χ1v) is 8.08. The van der Waals surface area contributed by atoms with Gasteiger partial charge >= 0.3 is 0 Å². The van der Waals surface area contributed by atoms with Crippen molar-refractivity contribution >= 4 is 16.8 Å². The molecule has 24 heavy (non-hydrogen) atoms. The van der Waals surface area contributed by atoms with E-state index in [4.69, 9.17) is 0 Å². The van der Waals surface area contributed by atoms with E-state index in [0.29, 0.717) is 0 Å². The molecule has 0 unspecified atom stereocenters. The summed E-state index contributed by atoms with van der Waals surface area (Å²) < 4.78 is 0. The molecule has 0 aliphatic heterocycles. The van der Waals surface area contributed by atoms with Crippen molar-refractivity contribution in [3.63, 3.8) is 0 Å². The van der Waals surface area contributed by atoms with Crippen LogP contribution in [0.2, 0.25) is 0 Å². The highest BCUT2D eigenvalue weighted by Crippen LogP contribution is 2.19. The lowest BCUT2D eigenvalue weighted by Gasteiger charge is -2.01. The van der Waals surface area contributed by atoms with E-state index in [0.717, 1.165) is 5.56 Å². The maximum absolute atomic E-state index is 3.73. The van der Waals surface area contributed by atoms with Crippen LogP contribution in [-0.4, -0.2) is 0 Å². The molecule has 0 fully saturated rings. The second-order valence-electron chi connectivity index (χ2n) is 5.54. The summed E-state index contributed by atoms with van der Waals surface area (Å²) in [5, 5.41) is 2.62. The van der Waals surface area contributed by atoms with Gasteiger partial charge in [-0.1, -0.05) is 116 Å². The fourth-order valence-corrected chi connectivity index (χ4v) is 2.58. The molecule has 4 aromatic rings. The maximum atomic E-state index is 3.73. The van der Waals surface area contributed by atoms with Crippen molar-refractivity contribution in [2.45, 2.75) is 0 Å². The smallest absolute Gasteiger partial charge is 0.0184 e. The van der Waals surface area contributed by atoms with E-state index in [9.17, 15) is 0 Å². The third kappa shape index (κ3) is 3.99. The standard InChI is InChI=1S/C14H12.C10H8/c1-2-12-8-10-14(11-9-12)13-6-4-3-5-7-13;1-2-6-10-8-4-3-7-9(10)5-1/h2-11H,1H2;1-8H. The molecule has 0 heterocycles. The molecule has 0 bridgehead atoms. The molecule has 0 spiro atoms. The van der Waals surface area contributed by atoms with Gasteiger partial charge in [0.2, 0.25) is 0 Å².